The fraction of sp³-hybridized carbons (Fsp3) is 0.318. The van der Waals surface area contributed by atoms with Crippen molar-refractivity contribution < 1.29 is 9.63 Å². The van der Waals surface area contributed by atoms with Crippen molar-refractivity contribution in [1.82, 2.24) is 10.2 Å². The SMILES string of the molecule is CCCC(=O)ON=C1CCCc2[nH]nc(Cc3cccc4ccccc34)c21. The molecule has 1 N–H and O–H groups in total. The van der Waals surface area contributed by atoms with Crippen LogP contribution in [0.4, 0.5) is 0 Å². The van der Waals surface area contributed by atoms with Gasteiger partial charge < -0.3 is 4.84 Å². The molecule has 0 spiro atoms. The lowest BCUT2D eigenvalue weighted by atomic mass is 9.91. The molecule has 0 fully saturated rings. The normalized spacial score (nSPS) is 15.1. The topological polar surface area (TPSA) is 67.3 Å². The van der Waals surface area contributed by atoms with Crippen LogP contribution in [0.3, 0.4) is 0 Å². The lowest BCUT2D eigenvalue weighted by Gasteiger charge is -2.14. The van der Waals surface area contributed by atoms with Gasteiger partial charge in [-0.15, -0.1) is 0 Å². The standard InChI is InChI=1S/C22H23N3O2/c1-2-7-21(26)27-25-19-13-6-12-18-22(19)20(24-23-18)14-16-10-5-9-15-8-3-4-11-17(15)16/h3-5,8-11H,2,6-7,12-14H2,1H3,(H,23,24). The lowest BCUT2D eigenvalue weighted by Crippen LogP contribution is -2.14. The summed E-state index contributed by atoms with van der Waals surface area (Å²) >= 11 is 0. The van der Waals surface area contributed by atoms with Gasteiger partial charge in [0.25, 0.3) is 0 Å². The molecule has 1 heterocycles. The molecule has 0 bridgehead atoms. The summed E-state index contributed by atoms with van der Waals surface area (Å²) in [5.41, 5.74) is 5.13. The number of hydrogen-bond acceptors (Lipinski definition) is 4. The van der Waals surface area contributed by atoms with Crippen LogP contribution in [0.25, 0.3) is 10.8 Å². The lowest BCUT2D eigenvalue weighted by molar-refractivity contribution is -0.143. The first-order valence-corrected chi connectivity index (χ1v) is 9.56. The molecule has 0 amide bonds. The Hall–Kier alpha value is -2.95. The highest BCUT2D eigenvalue weighted by atomic mass is 16.7. The van der Waals surface area contributed by atoms with Gasteiger partial charge >= 0.3 is 5.97 Å². The molecule has 27 heavy (non-hydrogen) atoms. The molecule has 5 heteroatoms. The first-order chi connectivity index (χ1) is 13.3. The molecule has 0 radical (unpaired) electrons. The Labute approximate surface area is 158 Å². The molecule has 3 aromatic rings. The maximum atomic E-state index is 11.7. The summed E-state index contributed by atoms with van der Waals surface area (Å²) < 4.78 is 0. The van der Waals surface area contributed by atoms with Gasteiger partial charge in [0, 0.05) is 24.1 Å². The van der Waals surface area contributed by atoms with E-state index < -0.39 is 0 Å². The highest BCUT2D eigenvalue weighted by Gasteiger charge is 2.24. The summed E-state index contributed by atoms with van der Waals surface area (Å²) in [4.78, 5) is 16.8. The average molecular weight is 361 g/mol. The van der Waals surface area contributed by atoms with Gasteiger partial charge in [-0.1, -0.05) is 54.5 Å². The van der Waals surface area contributed by atoms with Crippen molar-refractivity contribution >= 4 is 22.5 Å². The van der Waals surface area contributed by atoms with E-state index in [-0.39, 0.29) is 5.97 Å². The van der Waals surface area contributed by atoms with E-state index >= 15 is 0 Å². The van der Waals surface area contributed by atoms with Crippen LogP contribution in [0.5, 0.6) is 0 Å². The minimum absolute atomic E-state index is 0.281. The Morgan fingerprint density at radius 1 is 1.19 bits per heavy atom. The van der Waals surface area contributed by atoms with Crippen LogP contribution < -0.4 is 0 Å². The molecule has 1 aromatic heterocycles. The molecule has 0 saturated carbocycles. The molecule has 1 aliphatic rings. The summed E-state index contributed by atoms with van der Waals surface area (Å²) in [6.45, 7) is 1.95. The van der Waals surface area contributed by atoms with Crippen LogP contribution >= 0.6 is 0 Å². The van der Waals surface area contributed by atoms with Crippen LogP contribution in [0.15, 0.2) is 47.6 Å². The maximum absolute atomic E-state index is 11.7. The van der Waals surface area contributed by atoms with Gasteiger partial charge in [0.15, 0.2) is 0 Å². The molecule has 4 rings (SSSR count). The number of nitrogens with one attached hydrogen (secondary N) is 1. The molecule has 138 valence electrons. The average Bonchev–Trinajstić information content (AvgIpc) is 3.10. The van der Waals surface area contributed by atoms with Gasteiger partial charge in [-0.3, -0.25) is 5.10 Å². The van der Waals surface area contributed by atoms with E-state index in [4.69, 9.17) is 4.84 Å². The smallest absolute Gasteiger partial charge is 0.318 e. The Bertz CT molecular complexity index is 998. The van der Waals surface area contributed by atoms with E-state index in [0.717, 1.165) is 54.8 Å². The van der Waals surface area contributed by atoms with E-state index in [1.807, 2.05) is 6.92 Å². The number of oxime groups is 1. The fourth-order valence-corrected chi connectivity index (χ4v) is 3.70. The Kier molecular flexibility index (Phi) is 5.01. The first kappa shape index (κ1) is 17.5. The van der Waals surface area contributed by atoms with Crippen LogP contribution in [0, 0.1) is 0 Å². The number of benzene rings is 2. The summed E-state index contributed by atoms with van der Waals surface area (Å²) in [7, 11) is 0. The minimum Gasteiger partial charge on any atom is -0.318 e. The van der Waals surface area contributed by atoms with Crippen LogP contribution in [-0.2, 0) is 22.5 Å². The Morgan fingerprint density at radius 3 is 2.93 bits per heavy atom. The number of H-pyrrole nitrogens is 1. The quantitative estimate of drug-likeness (QED) is 0.536. The van der Waals surface area contributed by atoms with Crippen molar-refractivity contribution in [2.75, 3.05) is 0 Å². The Balaban J connectivity index is 1.66. The second kappa shape index (κ2) is 7.74. The third kappa shape index (κ3) is 3.63. The molecule has 0 aliphatic heterocycles. The summed E-state index contributed by atoms with van der Waals surface area (Å²) in [6, 6.07) is 14.7. The van der Waals surface area contributed by atoms with Gasteiger partial charge in [-0.05, 0) is 42.0 Å². The number of aromatic amines is 1. The van der Waals surface area contributed by atoms with Crippen molar-refractivity contribution in [2.24, 2.45) is 5.16 Å². The number of aryl methyl sites for hydroxylation is 1. The van der Waals surface area contributed by atoms with Crippen LogP contribution in [-0.4, -0.2) is 21.9 Å². The number of rotatable bonds is 5. The maximum Gasteiger partial charge on any atom is 0.335 e. The van der Waals surface area contributed by atoms with Gasteiger partial charge in [0.05, 0.1) is 11.4 Å². The molecule has 1 aliphatic carbocycles. The molecular weight excluding hydrogens is 338 g/mol. The van der Waals surface area contributed by atoms with Crippen molar-refractivity contribution in [3.05, 3.63) is 65.0 Å². The third-order valence-electron chi connectivity index (χ3n) is 4.99. The zero-order valence-electron chi connectivity index (χ0n) is 15.5. The molecule has 5 nitrogen and oxygen atoms in total. The predicted molar refractivity (Wildman–Crippen MR) is 106 cm³/mol. The minimum atomic E-state index is -0.281. The summed E-state index contributed by atoms with van der Waals surface area (Å²) in [6.07, 6.45) is 4.58. The third-order valence-corrected chi connectivity index (χ3v) is 4.99. The zero-order valence-corrected chi connectivity index (χ0v) is 15.5. The van der Waals surface area contributed by atoms with Crippen molar-refractivity contribution in [3.63, 3.8) is 0 Å². The van der Waals surface area contributed by atoms with Crippen LogP contribution in [0.1, 0.15) is 55.1 Å². The summed E-state index contributed by atoms with van der Waals surface area (Å²) in [5.74, 6) is -0.281. The van der Waals surface area contributed by atoms with Crippen LogP contribution in [0.2, 0.25) is 0 Å². The number of carbonyl (C=O) groups excluding carboxylic acids is 1. The van der Waals surface area contributed by atoms with Gasteiger partial charge in [0.1, 0.15) is 0 Å². The molecule has 0 atom stereocenters. The highest BCUT2D eigenvalue weighted by molar-refractivity contribution is 6.03. The van der Waals surface area contributed by atoms with Gasteiger partial charge in [-0.25, -0.2) is 4.79 Å². The zero-order chi connectivity index (χ0) is 18.6. The first-order valence-electron chi connectivity index (χ1n) is 9.56. The van der Waals surface area contributed by atoms with Gasteiger partial charge in [0.2, 0.25) is 0 Å². The summed E-state index contributed by atoms with van der Waals surface area (Å²) in [5, 5.41) is 14.4. The van der Waals surface area contributed by atoms with E-state index in [0.29, 0.717) is 6.42 Å². The molecular formula is C22H23N3O2. The largest absolute Gasteiger partial charge is 0.335 e. The van der Waals surface area contributed by atoms with E-state index in [9.17, 15) is 4.79 Å². The molecule has 0 unspecified atom stereocenters. The number of aromatic nitrogens is 2. The number of carbonyl (C=O) groups is 1. The highest BCUT2D eigenvalue weighted by Crippen LogP contribution is 2.27. The number of fused-ring (bicyclic) bond motifs is 2. The monoisotopic (exact) mass is 361 g/mol. The van der Waals surface area contributed by atoms with Gasteiger partial charge in [-0.2, -0.15) is 5.10 Å². The van der Waals surface area contributed by atoms with E-state index in [1.165, 1.54) is 16.3 Å². The van der Waals surface area contributed by atoms with Crippen molar-refractivity contribution in [1.29, 1.82) is 0 Å². The van der Waals surface area contributed by atoms with E-state index in [2.05, 4.69) is 57.8 Å². The van der Waals surface area contributed by atoms with Crippen molar-refractivity contribution in [3.8, 4) is 0 Å². The second-order valence-corrected chi connectivity index (χ2v) is 6.94. The fourth-order valence-electron chi connectivity index (χ4n) is 3.70. The number of nitrogens with zero attached hydrogens (tertiary/aromatic N) is 2. The molecule has 0 saturated heterocycles. The molecule has 2 aromatic carbocycles. The van der Waals surface area contributed by atoms with E-state index in [1.54, 1.807) is 0 Å². The Morgan fingerprint density at radius 2 is 2.04 bits per heavy atom. The van der Waals surface area contributed by atoms with Crippen molar-refractivity contribution in [2.45, 2.75) is 45.4 Å². The number of hydrogen-bond donors (Lipinski definition) is 1. The predicted octanol–water partition coefficient (Wildman–Crippen LogP) is 4.54. The second-order valence-electron chi connectivity index (χ2n) is 6.94.